The van der Waals surface area contributed by atoms with Crippen LogP contribution in [0.1, 0.15) is 24.0 Å². The fourth-order valence-corrected chi connectivity index (χ4v) is 4.17. The first-order valence-corrected chi connectivity index (χ1v) is 10.7. The molecule has 0 unspecified atom stereocenters. The Labute approximate surface area is 180 Å². The van der Waals surface area contributed by atoms with Crippen LogP contribution in [-0.4, -0.2) is 45.1 Å². The van der Waals surface area contributed by atoms with Crippen LogP contribution in [0.25, 0.3) is 11.0 Å². The third-order valence-corrected chi connectivity index (χ3v) is 6.05. The number of nitro benzene ring substituents is 1. The number of likely N-dealkylation sites (tertiary alicyclic amines) is 1. The van der Waals surface area contributed by atoms with Crippen molar-refractivity contribution < 1.29 is 4.92 Å². The van der Waals surface area contributed by atoms with E-state index in [0.29, 0.717) is 24.7 Å². The molecule has 3 aromatic rings. The van der Waals surface area contributed by atoms with Gasteiger partial charge in [-0.05, 0) is 50.6 Å². The predicted molar refractivity (Wildman–Crippen MR) is 120 cm³/mol. The average molecular weight is 422 g/mol. The average Bonchev–Trinajstić information content (AvgIpc) is 2.78. The van der Waals surface area contributed by atoms with Gasteiger partial charge in [-0.3, -0.25) is 14.9 Å². The van der Waals surface area contributed by atoms with Crippen molar-refractivity contribution in [2.45, 2.75) is 38.9 Å². The summed E-state index contributed by atoms with van der Waals surface area (Å²) in [6.07, 6.45) is 3.42. The zero-order valence-corrected chi connectivity index (χ0v) is 17.7. The van der Waals surface area contributed by atoms with Gasteiger partial charge in [0.1, 0.15) is 0 Å². The molecule has 162 valence electrons. The van der Waals surface area contributed by atoms with Crippen LogP contribution in [0.4, 0.5) is 5.69 Å². The van der Waals surface area contributed by atoms with Gasteiger partial charge < -0.3 is 14.8 Å². The molecule has 1 fully saturated rings. The highest BCUT2D eigenvalue weighted by Crippen LogP contribution is 2.20. The first-order valence-electron chi connectivity index (χ1n) is 10.7. The molecule has 31 heavy (non-hydrogen) atoms. The molecule has 0 amide bonds. The first kappa shape index (κ1) is 21.1. The Morgan fingerprint density at radius 1 is 1.16 bits per heavy atom. The standard InChI is InChI=1S/C23H27N5O3/c1-17-6-7-18(14-22(17)28(30)31)15-24-19-8-10-26(11-9-19)12-13-27-21-5-3-2-4-20(21)25-16-23(27)29/h2-7,14,16,19,24H,8-13,15H2,1H3. The molecule has 8 heteroatoms. The first-order chi connectivity index (χ1) is 15.0. The number of aromatic nitrogens is 2. The SMILES string of the molecule is Cc1ccc(CNC2CCN(CCn3c(=O)cnc4ccccc43)CC2)cc1[N+](=O)[O-]. The van der Waals surface area contributed by atoms with Crippen LogP contribution in [-0.2, 0) is 13.1 Å². The third-order valence-electron chi connectivity index (χ3n) is 6.05. The summed E-state index contributed by atoms with van der Waals surface area (Å²) in [6, 6.07) is 13.5. The molecule has 1 aliphatic rings. The van der Waals surface area contributed by atoms with Crippen molar-refractivity contribution in [3.63, 3.8) is 0 Å². The van der Waals surface area contributed by atoms with E-state index in [1.54, 1.807) is 17.6 Å². The number of hydrogen-bond acceptors (Lipinski definition) is 6. The molecular weight excluding hydrogens is 394 g/mol. The summed E-state index contributed by atoms with van der Waals surface area (Å²) >= 11 is 0. The summed E-state index contributed by atoms with van der Waals surface area (Å²) in [6.45, 7) is 5.78. The van der Waals surface area contributed by atoms with Gasteiger partial charge in [-0.1, -0.05) is 24.3 Å². The molecule has 0 radical (unpaired) electrons. The molecule has 4 rings (SSSR count). The largest absolute Gasteiger partial charge is 0.310 e. The molecule has 1 N–H and O–H groups in total. The summed E-state index contributed by atoms with van der Waals surface area (Å²) in [5.74, 6) is 0. The van der Waals surface area contributed by atoms with Crippen molar-refractivity contribution in [2.24, 2.45) is 0 Å². The van der Waals surface area contributed by atoms with Gasteiger partial charge in [0.25, 0.3) is 11.2 Å². The van der Waals surface area contributed by atoms with Crippen LogP contribution >= 0.6 is 0 Å². The predicted octanol–water partition coefficient (Wildman–Crippen LogP) is 2.87. The lowest BCUT2D eigenvalue weighted by Gasteiger charge is -2.32. The zero-order valence-electron chi connectivity index (χ0n) is 17.7. The molecule has 0 bridgehead atoms. The summed E-state index contributed by atoms with van der Waals surface area (Å²) in [7, 11) is 0. The number of rotatable bonds is 7. The topological polar surface area (TPSA) is 93.3 Å². The minimum atomic E-state index is -0.325. The molecule has 0 saturated carbocycles. The number of fused-ring (bicyclic) bond motifs is 1. The molecule has 0 aliphatic carbocycles. The van der Waals surface area contributed by atoms with Gasteiger partial charge in [-0.15, -0.1) is 0 Å². The number of nitro groups is 1. The maximum Gasteiger partial charge on any atom is 0.272 e. The van der Waals surface area contributed by atoms with Crippen molar-refractivity contribution in [3.05, 3.63) is 80.3 Å². The summed E-state index contributed by atoms with van der Waals surface area (Å²) in [5.41, 5.74) is 3.43. The minimum absolute atomic E-state index is 0.0672. The Kier molecular flexibility index (Phi) is 6.39. The van der Waals surface area contributed by atoms with Crippen LogP contribution < -0.4 is 10.9 Å². The van der Waals surface area contributed by atoms with Gasteiger partial charge in [0, 0.05) is 37.3 Å². The van der Waals surface area contributed by atoms with Crippen molar-refractivity contribution in [2.75, 3.05) is 19.6 Å². The lowest BCUT2D eigenvalue weighted by Crippen LogP contribution is -2.43. The van der Waals surface area contributed by atoms with Crippen molar-refractivity contribution in [3.8, 4) is 0 Å². The third kappa shape index (κ3) is 4.98. The number of benzene rings is 2. The van der Waals surface area contributed by atoms with E-state index in [9.17, 15) is 14.9 Å². The van der Waals surface area contributed by atoms with E-state index in [4.69, 9.17) is 0 Å². The van der Waals surface area contributed by atoms with Gasteiger partial charge in [-0.2, -0.15) is 0 Å². The number of nitrogens with zero attached hydrogens (tertiary/aromatic N) is 4. The minimum Gasteiger partial charge on any atom is -0.310 e. The Morgan fingerprint density at radius 2 is 1.94 bits per heavy atom. The number of aryl methyl sites for hydroxylation is 1. The summed E-state index contributed by atoms with van der Waals surface area (Å²) in [5, 5.41) is 14.7. The van der Waals surface area contributed by atoms with Gasteiger partial charge in [0.15, 0.2) is 0 Å². The smallest absolute Gasteiger partial charge is 0.272 e. The molecular formula is C23H27N5O3. The van der Waals surface area contributed by atoms with E-state index in [0.717, 1.165) is 49.1 Å². The Balaban J connectivity index is 1.28. The molecule has 1 saturated heterocycles. The zero-order chi connectivity index (χ0) is 21.8. The molecule has 2 heterocycles. The Bertz CT molecular complexity index is 1140. The van der Waals surface area contributed by atoms with Crippen molar-refractivity contribution in [1.82, 2.24) is 19.8 Å². The number of hydrogen-bond donors (Lipinski definition) is 1. The van der Waals surface area contributed by atoms with E-state index in [-0.39, 0.29) is 16.2 Å². The molecule has 2 aromatic carbocycles. The molecule has 8 nitrogen and oxygen atoms in total. The highest BCUT2D eigenvalue weighted by Gasteiger charge is 2.19. The van der Waals surface area contributed by atoms with Crippen LogP contribution in [0.5, 0.6) is 0 Å². The lowest BCUT2D eigenvalue weighted by molar-refractivity contribution is -0.385. The van der Waals surface area contributed by atoms with E-state index in [2.05, 4.69) is 15.2 Å². The van der Waals surface area contributed by atoms with Crippen LogP contribution in [0, 0.1) is 17.0 Å². The second kappa shape index (κ2) is 9.36. The molecule has 0 atom stereocenters. The Morgan fingerprint density at radius 3 is 2.71 bits per heavy atom. The monoisotopic (exact) mass is 421 g/mol. The quantitative estimate of drug-likeness (QED) is 0.466. The van der Waals surface area contributed by atoms with Gasteiger partial charge in [0.2, 0.25) is 0 Å². The number of nitrogens with one attached hydrogen (secondary N) is 1. The highest BCUT2D eigenvalue weighted by molar-refractivity contribution is 5.74. The van der Waals surface area contributed by atoms with Gasteiger partial charge >= 0.3 is 0 Å². The van der Waals surface area contributed by atoms with Crippen molar-refractivity contribution >= 4 is 16.7 Å². The fourth-order valence-electron chi connectivity index (χ4n) is 4.17. The van der Waals surface area contributed by atoms with Crippen LogP contribution in [0.2, 0.25) is 0 Å². The number of para-hydroxylation sites is 2. The fraction of sp³-hybridized carbons (Fsp3) is 0.391. The van der Waals surface area contributed by atoms with Crippen LogP contribution in [0.15, 0.2) is 53.5 Å². The highest BCUT2D eigenvalue weighted by atomic mass is 16.6. The van der Waals surface area contributed by atoms with Crippen molar-refractivity contribution in [1.29, 1.82) is 0 Å². The lowest BCUT2D eigenvalue weighted by atomic mass is 10.0. The molecule has 1 aromatic heterocycles. The van der Waals surface area contributed by atoms with E-state index in [1.165, 1.54) is 6.20 Å². The number of piperidine rings is 1. The van der Waals surface area contributed by atoms with E-state index < -0.39 is 0 Å². The van der Waals surface area contributed by atoms with Crippen LogP contribution in [0.3, 0.4) is 0 Å². The second-order valence-corrected chi connectivity index (χ2v) is 8.11. The summed E-state index contributed by atoms with van der Waals surface area (Å²) < 4.78 is 1.80. The van der Waals surface area contributed by atoms with E-state index in [1.807, 2.05) is 36.4 Å². The maximum atomic E-state index is 12.3. The normalized spacial score (nSPS) is 15.4. The Hall–Kier alpha value is -3.10. The maximum absolute atomic E-state index is 12.3. The molecule has 1 aliphatic heterocycles. The van der Waals surface area contributed by atoms with Gasteiger partial charge in [0.05, 0.1) is 22.2 Å². The van der Waals surface area contributed by atoms with Gasteiger partial charge in [-0.25, -0.2) is 4.98 Å². The molecule has 0 spiro atoms. The summed E-state index contributed by atoms with van der Waals surface area (Å²) in [4.78, 5) is 29.7. The second-order valence-electron chi connectivity index (χ2n) is 8.11. The van der Waals surface area contributed by atoms with E-state index >= 15 is 0 Å².